The van der Waals surface area contributed by atoms with Crippen molar-refractivity contribution in [2.45, 2.75) is 26.3 Å². The molecule has 0 spiro atoms. The van der Waals surface area contributed by atoms with E-state index in [1.54, 1.807) is 0 Å². The molecule has 15 heavy (non-hydrogen) atoms. The number of hydrogen-bond acceptors (Lipinski definition) is 4. The number of aromatic nitrogens is 1. The van der Waals surface area contributed by atoms with E-state index >= 15 is 0 Å². The lowest BCUT2D eigenvalue weighted by Crippen LogP contribution is -2.44. The molecule has 0 aliphatic rings. The van der Waals surface area contributed by atoms with Crippen LogP contribution in [0.3, 0.4) is 0 Å². The SMILES string of the molecule is CC(O)N(C(=O)c1ccncc1)C(C)O. The number of carbonyl (C=O) groups is 1. The average molecular weight is 210 g/mol. The Hall–Kier alpha value is -1.46. The maximum Gasteiger partial charge on any atom is 0.258 e. The van der Waals surface area contributed by atoms with E-state index in [1.807, 2.05) is 0 Å². The highest BCUT2D eigenvalue weighted by atomic mass is 16.3. The molecule has 1 amide bonds. The molecule has 0 aliphatic heterocycles. The number of hydrogen-bond donors (Lipinski definition) is 2. The molecule has 82 valence electrons. The van der Waals surface area contributed by atoms with Crippen LogP contribution in [-0.4, -0.2) is 38.5 Å². The monoisotopic (exact) mass is 210 g/mol. The molecule has 0 fully saturated rings. The fourth-order valence-electron chi connectivity index (χ4n) is 1.30. The zero-order valence-electron chi connectivity index (χ0n) is 8.66. The average Bonchev–Trinajstić information content (AvgIpc) is 2.18. The van der Waals surface area contributed by atoms with Gasteiger partial charge in [0, 0.05) is 18.0 Å². The number of pyridine rings is 1. The molecular weight excluding hydrogens is 196 g/mol. The van der Waals surface area contributed by atoms with E-state index in [-0.39, 0.29) is 0 Å². The van der Waals surface area contributed by atoms with Gasteiger partial charge in [-0.3, -0.25) is 14.7 Å². The van der Waals surface area contributed by atoms with Crippen LogP contribution in [0.5, 0.6) is 0 Å². The minimum absolute atomic E-state index is 0.381. The first-order chi connectivity index (χ1) is 7.04. The predicted octanol–water partition coefficient (Wildman–Crippen LogP) is 0.200. The summed E-state index contributed by atoms with van der Waals surface area (Å²) in [4.78, 5) is 16.6. The van der Waals surface area contributed by atoms with Gasteiger partial charge in [0.25, 0.3) is 5.91 Å². The van der Waals surface area contributed by atoms with E-state index < -0.39 is 18.4 Å². The van der Waals surface area contributed by atoms with Crippen molar-refractivity contribution in [1.82, 2.24) is 9.88 Å². The third-order valence-corrected chi connectivity index (χ3v) is 1.97. The van der Waals surface area contributed by atoms with Crippen LogP contribution in [0, 0.1) is 0 Å². The topological polar surface area (TPSA) is 73.7 Å². The fourth-order valence-corrected chi connectivity index (χ4v) is 1.30. The smallest absolute Gasteiger partial charge is 0.258 e. The minimum Gasteiger partial charge on any atom is -0.374 e. The van der Waals surface area contributed by atoms with Crippen LogP contribution >= 0.6 is 0 Å². The highest BCUT2D eigenvalue weighted by Gasteiger charge is 2.23. The lowest BCUT2D eigenvalue weighted by molar-refractivity contribution is -0.0608. The van der Waals surface area contributed by atoms with Crippen molar-refractivity contribution in [3.8, 4) is 0 Å². The number of aliphatic hydroxyl groups is 2. The molecule has 5 heteroatoms. The van der Waals surface area contributed by atoms with Gasteiger partial charge in [0.1, 0.15) is 12.5 Å². The lowest BCUT2D eigenvalue weighted by Gasteiger charge is -2.28. The van der Waals surface area contributed by atoms with Crippen molar-refractivity contribution in [2.24, 2.45) is 0 Å². The first kappa shape index (κ1) is 11.6. The van der Waals surface area contributed by atoms with E-state index in [9.17, 15) is 15.0 Å². The predicted molar refractivity (Wildman–Crippen MR) is 53.8 cm³/mol. The summed E-state index contributed by atoms with van der Waals surface area (Å²) in [5, 5.41) is 18.7. The van der Waals surface area contributed by atoms with Crippen LogP contribution < -0.4 is 0 Å². The standard InChI is InChI=1S/C10H14N2O3/c1-7(13)12(8(2)14)10(15)9-3-5-11-6-4-9/h3-8,13-14H,1-2H3. The zero-order chi connectivity index (χ0) is 11.4. The highest BCUT2D eigenvalue weighted by molar-refractivity contribution is 5.94. The molecule has 2 unspecified atom stereocenters. The van der Waals surface area contributed by atoms with Crippen molar-refractivity contribution in [3.05, 3.63) is 30.1 Å². The molecule has 1 heterocycles. The Morgan fingerprint density at radius 3 is 2.13 bits per heavy atom. The van der Waals surface area contributed by atoms with Gasteiger partial charge in [0.2, 0.25) is 0 Å². The second kappa shape index (κ2) is 4.86. The Kier molecular flexibility index (Phi) is 3.76. The van der Waals surface area contributed by atoms with Crippen LogP contribution in [0.2, 0.25) is 0 Å². The summed E-state index contributed by atoms with van der Waals surface area (Å²) in [7, 11) is 0. The summed E-state index contributed by atoms with van der Waals surface area (Å²) in [6.07, 6.45) is 0.890. The quantitative estimate of drug-likeness (QED) is 0.699. The first-order valence-corrected chi connectivity index (χ1v) is 4.63. The summed E-state index contributed by atoms with van der Waals surface area (Å²) in [6, 6.07) is 3.06. The highest BCUT2D eigenvalue weighted by Crippen LogP contribution is 2.09. The van der Waals surface area contributed by atoms with Crippen LogP contribution in [0.25, 0.3) is 0 Å². The minimum atomic E-state index is -1.04. The van der Waals surface area contributed by atoms with Gasteiger partial charge in [-0.25, -0.2) is 0 Å². The van der Waals surface area contributed by atoms with Crippen molar-refractivity contribution >= 4 is 5.91 Å². The molecule has 1 aromatic heterocycles. The van der Waals surface area contributed by atoms with Crippen LogP contribution in [0.15, 0.2) is 24.5 Å². The summed E-state index contributed by atoms with van der Waals surface area (Å²) >= 11 is 0. The molecule has 1 rings (SSSR count). The van der Waals surface area contributed by atoms with Gasteiger partial charge >= 0.3 is 0 Å². The molecule has 0 aromatic carbocycles. The largest absolute Gasteiger partial charge is 0.374 e. The van der Waals surface area contributed by atoms with Gasteiger partial charge in [-0.2, -0.15) is 0 Å². The fraction of sp³-hybridized carbons (Fsp3) is 0.400. The third kappa shape index (κ3) is 2.74. The zero-order valence-corrected chi connectivity index (χ0v) is 8.66. The normalized spacial score (nSPS) is 14.4. The van der Waals surface area contributed by atoms with Gasteiger partial charge in [0.15, 0.2) is 0 Å². The number of amides is 1. The number of carbonyl (C=O) groups excluding carboxylic acids is 1. The van der Waals surface area contributed by atoms with Crippen molar-refractivity contribution in [1.29, 1.82) is 0 Å². The van der Waals surface area contributed by atoms with Crippen LogP contribution in [0.1, 0.15) is 24.2 Å². The van der Waals surface area contributed by atoms with E-state index in [0.717, 1.165) is 4.90 Å². The number of nitrogens with zero attached hydrogens (tertiary/aromatic N) is 2. The van der Waals surface area contributed by atoms with Crippen molar-refractivity contribution in [2.75, 3.05) is 0 Å². The molecule has 0 saturated carbocycles. The molecular formula is C10H14N2O3. The van der Waals surface area contributed by atoms with Gasteiger partial charge in [-0.05, 0) is 26.0 Å². The molecule has 2 atom stereocenters. The summed E-state index contributed by atoms with van der Waals surface area (Å²) in [5.41, 5.74) is 0.381. The molecule has 2 N–H and O–H groups in total. The third-order valence-electron chi connectivity index (χ3n) is 1.97. The van der Waals surface area contributed by atoms with Gasteiger partial charge in [-0.1, -0.05) is 0 Å². The van der Waals surface area contributed by atoms with Crippen molar-refractivity contribution < 1.29 is 15.0 Å². The second-order valence-corrected chi connectivity index (χ2v) is 3.21. The van der Waals surface area contributed by atoms with Gasteiger partial charge in [0.05, 0.1) is 0 Å². The van der Waals surface area contributed by atoms with E-state index in [0.29, 0.717) is 5.56 Å². The molecule has 1 aromatic rings. The summed E-state index contributed by atoms with van der Waals surface area (Å²) < 4.78 is 0. The molecule has 0 aliphatic carbocycles. The first-order valence-electron chi connectivity index (χ1n) is 4.63. The van der Waals surface area contributed by atoms with Crippen molar-refractivity contribution in [3.63, 3.8) is 0 Å². The van der Waals surface area contributed by atoms with Crippen LogP contribution in [-0.2, 0) is 0 Å². The lowest BCUT2D eigenvalue weighted by atomic mass is 10.2. The van der Waals surface area contributed by atoms with E-state index in [4.69, 9.17) is 0 Å². The van der Waals surface area contributed by atoms with E-state index in [1.165, 1.54) is 38.4 Å². The number of rotatable bonds is 3. The maximum atomic E-state index is 11.8. The Bertz CT molecular complexity index is 317. The van der Waals surface area contributed by atoms with Gasteiger partial charge in [-0.15, -0.1) is 0 Å². The molecule has 0 radical (unpaired) electrons. The Morgan fingerprint density at radius 1 is 1.27 bits per heavy atom. The summed E-state index contributed by atoms with van der Waals surface area (Å²) in [5.74, 6) is -0.428. The molecule has 0 bridgehead atoms. The van der Waals surface area contributed by atoms with Gasteiger partial charge < -0.3 is 10.2 Å². The Morgan fingerprint density at radius 2 is 1.73 bits per heavy atom. The Labute approximate surface area is 88.0 Å². The number of aliphatic hydroxyl groups excluding tert-OH is 2. The summed E-state index contributed by atoms with van der Waals surface area (Å²) in [6.45, 7) is 2.84. The Balaban J connectivity index is 2.92. The second-order valence-electron chi connectivity index (χ2n) is 3.21. The van der Waals surface area contributed by atoms with E-state index in [2.05, 4.69) is 4.98 Å². The maximum absolute atomic E-state index is 11.8. The van der Waals surface area contributed by atoms with Crippen LogP contribution in [0.4, 0.5) is 0 Å². The molecule has 5 nitrogen and oxygen atoms in total. The molecule has 0 saturated heterocycles.